The molecule has 1 aliphatic heterocycles. The van der Waals surface area contributed by atoms with Gasteiger partial charge in [-0.25, -0.2) is 0 Å². The van der Waals surface area contributed by atoms with Crippen molar-refractivity contribution in [2.24, 2.45) is 7.05 Å². The summed E-state index contributed by atoms with van der Waals surface area (Å²) in [6.45, 7) is 0. The van der Waals surface area contributed by atoms with Gasteiger partial charge in [-0.2, -0.15) is 11.8 Å². The maximum absolute atomic E-state index is 11.1. The van der Waals surface area contributed by atoms with Gasteiger partial charge in [-0.05, 0) is 18.2 Å². The molecule has 1 aliphatic rings. The van der Waals surface area contributed by atoms with Gasteiger partial charge in [0.15, 0.2) is 0 Å². The summed E-state index contributed by atoms with van der Waals surface area (Å²) in [4.78, 5) is 11.1. The van der Waals surface area contributed by atoms with Crippen molar-refractivity contribution in [1.82, 2.24) is 4.57 Å². The van der Waals surface area contributed by atoms with Crippen LogP contribution in [0.4, 0.5) is 5.69 Å². The molecule has 0 aliphatic carbocycles. The highest BCUT2D eigenvalue weighted by atomic mass is 32.2. The fraction of sp³-hybridized carbons (Fsp3) is 0.500. The van der Waals surface area contributed by atoms with Crippen molar-refractivity contribution >= 4 is 17.4 Å². The van der Waals surface area contributed by atoms with Crippen molar-refractivity contribution in [2.75, 3.05) is 16.8 Å². The number of rotatable bonds is 2. The second-order valence-electron chi connectivity index (χ2n) is 3.57. The van der Waals surface area contributed by atoms with Gasteiger partial charge >= 0.3 is 0 Å². The summed E-state index contributed by atoms with van der Waals surface area (Å²) >= 11 is 1.98. The number of aromatic nitrogens is 1. The third-order valence-electron chi connectivity index (χ3n) is 2.39. The number of pyridine rings is 1. The molecular weight excluding hydrogens is 196 g/mol. The van der Waals surface area contributed by atoms with Crippen LogP contribution in [0.5, 0.6) is 0 Å². The molecule has 1 fully saturated rings. The zero-order valence-corrected chi connectivity index (χ0v) is 9.01. The number of anilines is 1. The molecule has 14 heavy (non-hydrogen) atoms. The largest absolute Gasteiger partial charge is 0.380 e. The zero-order chi connectivity index (χ0) is 9.97. The van der Waals surface area contributed by atoms with Crippen LogP contribution < -0.4 is 10.9 Å². The van der Waals surface area contributed by atoms with E-state index in [-0.39, 0.29) is 5.56 Å². The Morgan fingerprint density at radius 3 is 3.07 bits per heavy atom. The Bertz CT molecular complexity index is 369. The predicted molar refractivity (Wildman–Crippen MR) is 61.0 cm³/mol. The lowest BCUT2D eigenvalue weighted by Crippen LogP contribution is -2.21. The first-order valence-corrected chi connectivity index (χ1v) is 5.92. The Kier molecular flexibility index (Phi) is 2.82. The number of hydrogen-bond donors (Lipinski definition) is 1. The molecule has 76 valence electrons. The maximum Gasteiger partial charge on any atom is 0.250 e. The van der Waals surface area contributed by atoms with E-state index in [4.69, 9.17) is 0 Å². The summed E-state index contributed by atoms with van der Waals surface area (Å²) in [5, 5.41) is 3.43. The Morgan fingerprint density at radius 2 is 2.43 bits per heavy atom. The van der Waals surface area contributed by atoms with Gasteiger partial charge in [-0.3, -0.25) is 4.79 Å². The van der Waals surface area contributed by atoms with E-state index in [0.717, 1.165) is 5.69 Å². The van der Waals surface area contributed by atoms with Gasteiger partial charge in [-0.1, -0.05) is 0 Å². The lowest BCUT2D eigenvalue weighted by Gasteiger charge is -2.13. The van der Waals surface area contributed by atoms with Crippen molar-refractivity contribution in [3.8, 4) is 0 Å². The molecule has 1 aromatic rings. The van der Waals surface area contributed by atoms with Crippen LogP contribution in [0, 0.1) is 0 Å². The van der Waals surface area contributed by atoms with Crippen LogP contribution in [0.25, 0.3) is 0 Å². The highest BCUT2D eigenvalue weighted by Crippen LogP contribution is 2.20. The first kappa shape index (κ1) is 9.65. The topological polar surface area (TPSA) is 34.0 Å². The number of nitrogens with zero attached hydrogens (tertiary/aromatic N) is 1. The molecular formula is C10H14N2OS. The van der Waals surface area contributed by atoms with Crippen LogP contribution in [0.1, 0.15) is 6.42 Å². The summed E-state index contributed by atoms with van der Waals surface area (Å²) in [6.07, 6.45) is 3.07. The van der Waals surface area contributed by atoms with Gasteiger partial charge in [0.2, 0.25) is 5.56 Å². The van der Waals surface area contributed by atoms with E-state index in [2.05, 4.69) is 5.32 Å². The highest BCUT2D eigenvalue weighted by molar-refractivity contribution is 7.99. The molecule has 1 saturated heterocycles. The molecule has 2 heterocycles. The highest BCUT2D eigenvalue weighted by Gasteiger charge is 2.14. The average molecular weight is 210 g/mol. The number of aryl methyl sites for hydroxylation is 1. The Morgan fingerprint density at radius 1 is 1.57 bits per heavy atom. The minimum Gasteiger partial charge on any atom is -0.380 e. The van der Waals surface area contributed by atoms with Gasteiger partial charge in [0.05, 0.1) is 5.69 Å². The van der Waals surface area contributed by atoms with Crippen LogP contribution >= 0.6 is 11.8 Å². The standard InChI is InChI=1S/C10H14N2OS/c1-12-6-8(2-3-10(12)13)11-9-4-5-14-7-9/h2-3,6,9,11H,4-5,7H2,1H3. The summed E-state index contributed by atoms with van der Waals surface area (Å²) in [5.41, 5.74) is 1.08. The number of nitrogens with one attached hydrogen (secondary N) is 1. The number of hydrogen-bond acceptors (Lipinski definition) is 3. The van der Waals surface area contributed by atoms with Crippen LogP contribution in [0.15, 0.2) is 23.1 Å². The van der Waals surface area contributed by atoms with Crippen molar-refractivity contribution in [2.45, 2.75) is 12.5 Å². The Hall–Kier alpha value is -0.900. The van der Waals surface area contributed by atoms with E-state index in [1.54, 1.807) is 17.7 Å². The first-order chi connectivity index (χ1) is 6.75. The fourth-order valence-electron chi connectivity index (χ4n) is 1.56. The van der Waals surface area contributed by atoms with Crippen LogP contribution in [0.3, 0.4) is 0 Å². The van der Waals surface area contributed by atoms with E-state index in [1.807, 2.05) is 24.0 Å². The molecule has 0 bridgehead atoms. The minimum atomic E-state index is 0.0383. The average Bonchev–Trinajstić information content (AvgIpc) is 2.64. The lowest BCUT2D eigenvalue weighted by atomic mass is 10.2. The molecule has 2 rings (SSSR count). The van der Waals surface area contributed by atoms with Crippen molar-refractivity contribution < 1.29 is 0 Å². The van der Waals surface area contributed by atoms with Crippen LogP contribution in [0.2, 0.25) is 0 Å². The molecule has 1 aromatic heterocycles. The Labute approximate surface area is 87.5 Å². The summed E-state index contributed by atoms with van der Waals surface area (Å²) in [6, 6.07) is 4.02. The van der Waals surface area contributed by atoms with Crippen molar-refractivity contribution in [3.05, 3.63) is 28.7 Å². The predicted octanol–water partition coefficient (Wildman–Crippen LogP) is 1.30. The smallest absolute Gasteiger partial charge is 0.250 e. The fourth-order valence-corrected chi connectivity index (χ4v) is 2.72. The van der Waals surface area contributed by atoms with E-state index in [9.17, 15) is 4.79 Å². The van der Waals surface area contributed by atoms with Gasteiger partial charge in [0.1, 0.15) is 0 Å². The van der Waals surface area contributed by atoms with Crippen molar-refractivity contribution in [3.63, 3.8) is 0 Å². The molecule has 0 saturated carbocycles. The molecule has 0 spiro atoms. The third kappa shape index (κ3) is 2.12. The summed E-state index contributed by atoms with van der Waals surface area (Å²) in [7, 11) is 1.77. The molecule has 3 nitrogen and oxygen atoms in total. The minimum absolute atomic E-state index is 0.0383. The van der Waals surface area contributed by atoms with E-state index in [1.165, 1.54) is 17.9 Å². The maximum atomic E-state index is 11.1. The second kappa shape index (κ2) is 4.09. The van der Waals surface area contributed by atoms with Crippen molar-refractivity contribution in [1.29, 1.82) is 0 Å². The third-order valence-corrected chi connectivity index (χ3v) is 3.55. The van der Waals surface area contributed by atoms with E-state index < -0.39 is 0 Å². The zero-order valence-electron chi connectivity index (χ0n) is 8.19. The van der Waals surface area contributed by atoms with Gasteiger partial charge in [0.25, 0.3) is 0 Å². The molecule has 1 atom stereocenters. The molecule has 1 unspecified atom stereocenters. The molecule has 1 N–H and O–H groups in total. The van der Waals surface area contributed by atoms with Gasteiger partial charge in [0, 0.05) is 31.1 Å². The normalized spacial score (nSPS) is 21.1. The SMILES string of the molecule is Cn1cc(NC2CCSC2)ccc1=O. The monoisotopic (exact) mass is 210 g/mol. The van der Waals surface area contributed by atoms with E-state index in [0.29, 0.717) is 6.04 Å². The van der Waals surface area contributed by atoms with Gasteiger partial charge < -0.3 is 9.88 Å². The molecule has 0 aromatic carbocycles. The Balaban J connectivity index is 2.09. The van der Waals surface area contributed by atoms with Crippen LogP contribution in [-0.4, -0.2) is 22.1 Å². The van der Waals surface area contributed by atoms with Crippen LogP contribution in [-0.2, 0) is 7.05 Å². The van der Waals surface area contributed by atoms with Gasteiger partial charge in [-0.15, -0.1) is 0 Å². The second-order valence-corrected chi connectivity index (χ2v) is 4.72. The lowest BCUT2D eigenvalue weighted by molar-refractivity contribution is 0.801. The summed E-state index contributed by atoms with van der Waals surface area (Å²) in [5.74, 6) is 2.41. The first-order valence-electron chi connectivity index (χ1n) is 4.77. The summed E-state index contributed by atoms with van der Waals surface area (Å²) < 4.78 is 1.60. The quantitative estimate of drug-likeness (QED) is 0.799. The molecule has 0 radical (unpaired) electrons. The van der Waals surface area contributed by atoms with E-state index >= 15 is 0 Å². The molecule has 0 amide bonds. The molecule has 4 heteroatoms. The number of thioether (sulfide) groups is 1.